The molecule has 1 N–H and O–H groups in total. The Labute approximate surface area is 94.5 Å². The summed E-state index contributed by atoms with van der Waals surface area (Å²) in [7, 11) is 3.81. The molecule has 0 bridgehead atoms. The predicted molar refractivity (Wildman–Crippen MR) is 62.2 cm³/mol. The first-order valence-electron chi connectivity index (χ1n) is 5.26. The van der Waals surface area contributed by atoms with E-state index in [0.29, 0.717) is 0 Å². The minimum absolute atomic E-state index is 0.796. The molecular weight excluding hydrogens is 202 g/mol. The van der Waals surface area contributed by atoms with E-state index in [1.165, 1.54) is 5.56 Å². The molecule has 16 heavy (non-hydrogen) atoms. The Morgan fingerprint density at radius 2 is 1.94 bits per heavy atom. The van der Waals surface area contributed by atoms with Gasteiger partial charge in [-0.1, -0.05) is 0 Å². The first kappa shape index (κ1) is 10.6. The van der Waals surface area contributed by atoms with E-state index < -0.39 is 0 Å². The number of nitrogens with one attached hydrogen (secondary N) is 1. The van der Waals surface area contributed by atoms with Gasteiger partial charge in [0.2, 0.25) is 5.95 Å². The van der Waals surface area contributed by atoms with Crippen LogP contribution >= 0.6 is 0 Å². The average molecular weight is 217 g/mol. The van der Waals surface area contributed by atoms with Crippen LogP contribution in [0, 0.1) is 0 Å². The summed E-state index contributed by atoms with van der Waals surface area (Å²) in [5, 5.41) is 11.2. The van der Waals surface area contributed by atoms with Crippen LogP contribution in [0.4, 0.5) is 5.95 Å². The maximum absolute atomic E-state index is 4.14. The monoisotopic (exact) mass is 217 g/mol. The second kappa shape index (κ2) is 4.74. The Morgan fingerprint density at radius 1 is 1.19 bits per heavy atom. The second-order valence-electron chi connectivity index (χ2n) is 3.60. The molecule has 0 saturated carbocycles. The van der Waals surface area contributed by atoms with Gasteiger partial charge in [-0.05, 0) is 24.1 Å². The lowest BCUT2D eigenvalue weighted by atomic mass is 10.1. The maximum Gasteiger partial charge on any atom is 0.224 e. The molecule has 5 heteroatoms. The molecule has 0 radical (unpaired) electrons. The molecule has 0 atom stereocenters. The molecule has 0 unspecified atom stereocenters. The third kappa shape index (κ3) is 2.18. The highest BCUT2D eigenvalue weighted by molar-refractivity contribution is 5.24. The molecule has 0 aromatic carbocycles. The van der Waals surface area contributed by atoms with E-state index in [1.54, 1.807) is 0 Å². The number of anilines is 1. The molecule has 2 aromatic rings. The van der Waals surface area contributed by atoms with Crippen molar-refractivity contribution in [1.82, 2.24) is 19.7 Å². The largest absolute Gasteiger partial charge is 0.357 e. The van der Waals surface area contributed by atoms with Crippen molar-refractivity contribution in [3.63, 3.8) is 0 Å². The molecule has 0 saturated heterocycles. The molecule has 0 aliphatic rings. The summed E-state index contributed by atoms with van der Waals surface area (Å²) in [5.41, 5.74) is 1.27. The molecular formula is C11H15N5. The van der Waals surface area contributed by atoms with Crippen molar-refractivity contribution in [2.75, 3.05) is 12.4 Å². The Balaban J connectivity index is 2.02. The van der Waals surface area contributed by atoms with Crippen LogP contribution in [0.5, 0.6) is 0 Å². The van der Waals surface area contributed by atoms with Crippen molar-refractivity contribution >= 4 is 5.95 Å². The molecule has 0 fully saturated rings. The predicted octanol–water partition coefficient (Wildman–Crippen LogP) is 1.04. The molecule has 0 aliphatic heterocycles. The molecule has 84 valence electrons. The van der Waals surface area contributed by atoms with Gasteiger partial charge in [0.15, 0.2) is 0 Å². The van der Waals surface area contributed by atoms with E-state index >= 15 is 0 Å². The first-order valence-corrected chi connectivity index (χ1v) is 5.26. The summed E-state index contributed by atoms with van der Waals surface area (Å²) < 4.78 is 1.97. The van der Waals surface area contributed by atoms with Crippen LogP contribution in [0.3, 0.4) is 0 Å². The van der Waals surface area contributed by atoms with Gasteiger partial charge < -0.3 is 9.88 Å². The fourth-order valence-corrected chi connectivity index (χ4v) is 1.60. The highest BCUT2D eigenvalue weighted by Gasteiger charge is 2.06. The zero-order valence-electron chi connectivity index (χ0n) is 9.51. The van der Waals surface area contributed by atoms with Gasteiger partial charge in [-0.25, -0.2) is 0 Å². The lowest BCUT2D eigenvalue weighted by Crippen LogP contribution is -2.03. The van der Waals surface area contributed by atoms with E-state index in [9.17, 15) is 0 Å². The van der Waals surface area contributed by atoms with Crippen molar-refractivity contribution in [2.45, 2.75) is 12.8 Å². The van der Waals surface area contributed by atoms with Gasteiger partial charge >= 0.3 is 0 Å². The van der Waals surface area contributed by atoms with Gasteiger partial charge in [0, 0.05) is 32.9 Å². The maximum atomic E-state index is 4.14. The van der Waals surface area contributed by atoms with Gasteiger partial charge in [0.25, 0.3) is 0 Å². The smallest absolute Gasteiger partial charge is 0.224 e. The fourth-order valence-electron chi connectivity index (χ4n) is 1.60. The summed E-state index contributed by atoms with van der Waals surface area (Å²) >= 11 is 0. The zero-order valence-corrected chi connectivity index (χ0v) is 9.51. The van der Waals surface area contributed by atoms with Crippen molar-refractivity contribution < 1.29 is 0 Å². The normalized spacial score (nSPS) is 10.4. The highest BCUT2D eigenvalue weighted by Crippen LogP contribution is 2.07. The van der Waals surface area contributed by atoms with E-state index in [4.69, 9.17) is 0 Å². The fraction of sp³-hybridized carbons (Fsp3) is 0.364. The number of nitrogens with zero attached hydrogens (tertiary/aromatic N) is 4. The number of aryl methyl sites for hydroxylation is 2. The van der Waals surface area contributed by atoms with Crippen molar-refractivity contribution in [2.24, 2.45) is 7.05 Å². The molecule has 5 nitrogen and oxygen atoms in total. The van der Waals surface area contributed by atoms with Gasteiger partial charge in [-0.3, -0.25) is 4.98 Å². The highest BCUT2D eigenvalue weighted by atomic mass is 15.3. The number of hydrogen-bond donors (Lipinski definition) is 1. The van der Waals surface area contributed by atoms with Crippen LogP contribution in [0.15, 0.2) is 24.5 Å². The SMILES string of the molecule is CNc1nnc(CCc2ccncc2)n1C. The summed E-state index contributed by atoms with van der Waals surface area (Å²) in [6.45, 7) is 0. The molecule has 0 aliphatic carbocycles. The Hall–Kier alpha value is -1.91. The average Bonchev–Trinajstić information content (AvgIpc) is 2.69. The van der Waals surface area contributed by atoms with Crippen molar-refractivity contribution in [1.29, 1.82) is 0 Å². The molecule has 2 aromatic heterocycles. The van der Waals surface area contributed by atoms with Gasteiger partial charge in [0.05, 0.1) is 0 Å². The van der Waals surface area contributed by atoms with Crippen LogP contribution in [0.1, 0.15) is 11.4 Å². The van der Waals surface area contributed by atoms with Crippen molar-refractivity contribution in [3.8, 4) is 0 Å². The van der Waals surface area contributed by atoms with Crippen LogP contribution in [-0.4, -0.2) is 26.8 Å². The molecule has 2 heterocycles. The third-order valence-electron chi connectivity index (χ3n) is 2.58. The second-order valence-corrected chi connectivity index (χ2v) is 3.60. The van der Waals surface area contributed by atoms with E-state index in [0.717, 1.165) is 24.6 Å². The molecule has 2 rings (SSSR count). The number of rotatable bonds is 4. The van der Waals surface area contributed by atoms with Crippen LogP contribution in [-0.2, 0) is 19.9 Å². The standard InChI is InChI=1S/C11H15N5/c1-12-11-15-14-10(16(11)2)4-3-9-5-7-13-8-6-9/h5-8H,3-4H2,1-2H3,(H,12,15). The summed E-state index contributed by atoms with van der Waals surface area (Å²) in [6, 6.07) is 4.05. The van der Waals surface area contributed by atoms with Gasteiger partial charge in [-0.2, -0.15) is 0 Å². The third-order valence-corrected chi connectivity index (χ3v) is 2.58. The van der Waals surface area contributed by atoms with E-state index in [1.807, 2.05) is 43.2 Å². The summed E-state index contributed by atoms with van der Waals surface area (Å²) in [4.78, 5) is 3.99. The summed E-state index contributed by atoms with van der Waals surface area (Å²) in [5.74, 6) is 1.78. The Bertz CT molecular complexity index is 449. The van der Waals surface area contributed by atoms with Gasteiger partial charge in [-0.15, -0.1) is 10.2 Å². The number of aromatic nitrogens is 4. The van der Waals surface area contributed by atoms with E-state index in [2.05, 4.69) is 20.5 Å². The topological polar surface area (TPSA) is 55.6 Å². The van der Waals surface area contributed by atoms with Crippen LogP contribution in [0.2, 0.25) is 0 Å². The first-order chi connectivity index (χ1) is 7.81. The van der Waals surface area contributed by atoms with Crippen LogP contribution < -0.4 is 5.32 Å². The van der Waals surface area contributed by atoms with E-state index in [-0.39, 0.29) is 0 Å². The van der Waals surface area contributed by atoms with Crippen LogP contribution in [0.25, 0.3) is 0 Å². The molecule has 0 spiro atoms. The number of pyridine rings is 1. The lowest BCUT2D eigenvalue weighted by Gasteiger charge is -2.03. The van der Waals surface area contributed by atoms with Gasteiger partial charge in [0.1, 0.15) is 5.82 Å². The number of hydrogen-bond acceptors (Lipinski definition) is 4. The lowest BCUT2D eigenvalue weighted by molar-refractivity contribution is 0.772. The minimum Gasteiger partial charge on any atom is -0.357 e. The Kier molecular flexibility index (Phi) is 3.14. The quantitative estimate of drug-likeness (QED) is 0.831. The molecule has 0 amide bonds. The summed E-state index contributed by atoms with van der Waals surface area (Å²) in [6.07, 6.45) is 5.46. The minimum atomic E-state index is 0.796. The van der Waals surface area contributed by atoms with Crippen molar-refractivity contribution in [3.05, 3.63) is 35.9 Å². The Morgan fingerprint density at radius 3 is 2.56 bits per heavy atom. The zero-order chi connectivity index (χ0) is 11.4.